The summed E-state index contributed by atoms with van der Waals surface area (Å²) in [7, 11) is 0. The molecule has 0 aliphatic heterocycles. The minimum absolute atomic E-state index is 0.0191. The number of rotatable bonds is 17. The highest BCUT2D eigenvalue weighted by Crippen LogP contribution is 2.26. The molecule has 5 N–H and O–H groups in total. The number of alkyl carbamates (subject to hydrolysis) is 1. The fraction of sp³-hybridized carbons (Fsp3) is 0.417. The second-order valence-electron chi connectivity index (χ2n) is 11.9. The summed E-state index contributed by atoms with van der Waals surface area (Å²) in [5.41, 5.74) is 0.949. The van der Waals surface area contributed by atoms with Crippen molar-refractivity contribution in [2.24, 2.45) is 5.92 Å². The zero-order valence-corrected chi connectivity index (χ0v) is 26.5. The molecule has 0 aliphatic carbocycles. The number of aliphatic hydroxyl groups is 1. The van der Waals surface area contributed by atoms with E-state index in [1.54, 1.807) is 19.1 Å². The van der Waals surface area contributed by atoms with Crippen LogP contribution in [0.4, 0.5) is 4.79 Å². The standard InChI is InChI=1S/C36H47N3O6/c1-26(2)32(29-16-10-7-11-17-29)45-35(44)39-36(3,25-28-14-8-6-9-15-28)34(43)38-31(24-27-18-20-30(41)21-19-27)33(42)37-22-12-4-5-13-23-40/h6-11,14-21,26,31-32,40-41H,4-5,12-13,22-25H2,1-3H3,(H,37,42)(H,38,43)(H,39,44). The largest absolute Gasteiger partial charge is 0.508 e. The maximum absolute atomic E-state index is 14.1. The van der Waals surface area contributed by atoms with Crippen LogP contribution in [-0.2, 0) is 27.2 Å². The third kappa shape index (κ3) is 11.6. The molecular weight excluding hydrogens is 570 g/mol. The number of phenols is 1. The number of amides is 3. The molecule has 0 radical (unpaired) electrons. The number of aromatic hydroxyl groups is 1. The Hall–Kier alpha value is -4.37. The summed E-state index contributed by atoms with van der Waals surface area (Å²) >= 11 is 0. The molecule has 3 aromatic carbocycles. The van der Waals surface area contributed by atoms with Gasteiger partial charge in [0, 0.05) is 26.0 Å². The lowest BCUT2D eigenvalue weighted by Gasteiger charge is -2.32. The molecule has 0 saturated heterocycles. The van der Waals surface area contributed by atoms with E-state index >= 15 is 0 Å². The molecule has 0 fully saturated rings. The lowest BCUT2D eigenvalue weighted by atomic mass is 9.91. The maximum atomic E-state index is 14.1. The van der Waals surface area contributed by atoms with Crippen LogP contribution in [0.3, 0.4) is 0 Å². The molecule has 242 valence electrons. The summed E-state index contributed by atoms with van der Waals surface area (Å²) in [5.74, 6) is -0.812. The summed E-state index contributed by atoms with van der Waals surface area (Å²) in [6, 6.07) is 24.3. The van der Waals surface area contributed by atoms with Crippen LogP contribution < -0.4 is 16.0 Å². The van der Waals surface area contributed by atoms with E-state index in [2.05, 4.69) is 16.0 Å². The Morgan fingerprint density at radius 1 is 0.822 bits per heavy atom. The van der Waals surface area contributed by atoms with Crippen molar-refractivity contribution in [1.29, 1.82) is 0 Å². The first-order chi connectivity index (χ1) is 21.6. The first kappa shape index (κ1) is 35.1. The zero-order chi connectivity index (χ0) is 32.7. The molecule has 3 rings (SSSR count). The summed E-state index contributed by atoms with van der Waals surface area (Å²) in [4.78, 5) is 40.9. The first-order valence-electron chi connectivity index (χ1n) is 15.7. The molecule has 0 spiro atoms. The second kappa shape index (κ2) is 17.8. The van der Waals surface area contributed by atoms with Crippen LogP contribution in [0.15, 0.2) is 84.9 Å². The van der Waals surface area contributed by atoms with Crippen LogP contribution in [-0.4, -0.2) is 52.9 Å². The van der Waals surface area contributed by atoms with Crippen molar-refractivity contribution in [3.8, 4) is 5.75 Å². The average Bonchev–Trinajstić information content (AvgIpc) is 3.02. The number of phenolic OH excluding ortho intramolecular Hbond substituents is 1. The number of hydrogen-bond donors (Lipinski definition) is 5. The zero-order valence-electron chi connectivity index (χ0n) is 26.5. The number of unbranched alkanes of at least 4 members (excludes halogenated alkanes) is 3. The van der Waals surface area contributed by atoms with Gasteiger partial charge >= 0.3 is 6.09 Å². The topological polar surface area (TPSA) is 137 Å². The number of nitrogens with one attached hydrogen (secondary N) is 3. The third-order valence-corrected chi connectivity index (χ3v) is 7.63. The number of aliphatic hydroxyl groups excluding tert-OH is 1. The van der Waals surface area contributed by atoms with Gasteiger partial charge in [0.05, 0.1) is 0 Å². The van der Waals surface area contributed by atoms with Crippen LogP contribution >= 0.6 is 0 Å². The molecule has 9 nitrogen and oxygen atoms in total. The van der Waals surface area contributed by atoms with Crippen molar-refractivity contribution in [3.05, 3.63) is 102 Å². The molecule has 0 saturated carbocycles. The maximum Gasteiger partial charge on any atom is 0.408 e. The van der Waals surface area contributed by atoms with Gasteiger partial charge in [0.15, 0.2) is 0 Å². The molecule has 3 unspecified atom stereocenters. The fourth-order valence-electron chi connectivity index (χ4n) is 5.11. The van der Waals surface area contributed by atoms with Crippen molar-refractivity contribution in [2.45, 2.75) is 77.0 Å². The van der Waals surface area contributed by atoms with Gasteiger partial charge in [-0.2, -0.15) is 0 Å². The van der Waals surface area contributed by atoms with Crippen molar-refractivity contribution in [1.82, 2.24) is 16.0 Å². The molecular formula is C36H47N3O6. The number of carbonyl (C=O) groups is 3. The predicted octanol–water partition coefficient (Wildman–Crippen LogP) is 5.21. The van der Waals surface area contributed by atoms with Crippen molar-refractivity contribution >= 4 is 17.9 Å². The van der Waals surface area contributed by atoms with Crippen LogP contribution in [0.5, 0.6) is 5.75 Å². The third-order valence-electron chi connectivity index (χ3n) is 7.63. The van der Waals surface area contributed by atoms with E-state index in [0.29, 0.717) is 13.0 Å². The van der Waals surface area contributed by atoms with E-state index in [4.69, 9.17) is 9.84 Å². The Bertz CT molecular complexity index is 1330. The molecule has 0 aromatic heterocycles. The predicted molar refractivity (Wildman–Crippen MR) is 174 cm³/mol. The van der Waals surface area contributed by atoms with Crippen LogP contribution in [0.2, 0.25) is 0 Å². The van der Waals surface area contributed by atoms with E-state index in [1.807, 2.05) is 74.5 Å². The Morgan fingerprint density at radius 3 is 2.07 bits per heavy atom. The van der Waals surface area contributed by atoms with Gasteiger partial charge in [-0.15, -0.1) is 0 Å². The molecule has 3 amide bonds. The summed E-state index contributed by atoms with van der Waals surface area (Å²) in [6.07, 6.45) is 2.24. The van der Waals surface area contributed by atoms with Gasteiger partial charge in [-0.05, 0) is 54.5 Å². The van der Waals surface area contributed by atoms with Crippen molar-refractivity contribution in [2.75, 3.05) is 13.2 Å². The quantitative estimate of drug-likeness (QED) is 0.132. The Kier molecular flexibility index (Phi) is 13.9. The SMILES string of the molecule is CC(C)C(OC(=O)NC(C)(Cc1ccccc1)C(=O)NC(Cc1ccc(O)cc1)C(=O)NCCCCCCO)c1ccccc1. The van der Waals surface area contributed by atoms with Gasteiger partial charge < -0.3 is 30.9 Å². The van der Waals surface area contributed by atoms with Gasteiger partial charge in [-0.25, -0.2) is 4.79 Å². The smallest absolute Gasteiger partial charge is 0.408 e. The Balaban J connectivity index is 1.82. The van der Waals surface area contributed by atoms with Crippen LogP contribution in [0.1, 0.15) is 69.2 Å². The lowest BCUT2D eigenvalue weighted by Crippen LogP contribution is -2.62. The van der Waals surface area contributed by atoms with E-state index in [-0.39, 0.29) is 37.0 Å². The number of hydrogen-bond acceptors (Lipinski definition) is 6. The molecule has 0 heterocycles. The summed E-state index contributed by atoms with van der Waals surface area (Å²) in [5, 5.41) is 27.4. The summed E-state index contributed by atoms with van der Waals surface area (Å²) in [6.45, 7) is 6.11. The molecule has 9 heteroatoms. The van der Waals surface area contributed by atoms with Gasteiger partial charge in [0.1, 0.15) is 23.4 Å². The van der Waals surface area contributed by atoms with E-state index in [0.717, 1.165) is 36.0 Å². The number of ether oxygens (including phenoxy) is 1. The molecule has 0 aliphatic rings. The molecule has 3 aromatic rings. The van der Waals surface area contributed by atoms with E-state index < -0.39 is 29.7 Å². The first-order valence-corrected chi connectivity index (χ1v) is 15.7. The Labute approximate surface area is 266 Å². The number of carbonyl (C=O) groups excluding carboxylic acids is 3. The van der Waals surface area contributed by atoms with Gasteiger partial charge in [-0.3, -0.25) is 9.59 Å². The molecule has 45 heavy (non-hydrogen) atoms. The van der Waals surface area contributed by atoms with Gasteiger partial charge in [0.2, 0.25) is 11.8 Å². The van der Waals surface area contributed by atoms with E-state index in [9.17, 15) is 19.5 Å². The number of benzene rings is 3. The molecule has 3 atom stereocenters. The highest BCUT2D eigenvalue weighted by Gasteiger charge is 2.38. The van der Waals surface area contributed by atoms with Crippen LogP contribution in [0, 0.1) is 5.92 Å². The minimum Gasteiger partial charge on any atom is -0.508 e. The van der Waals surface area contributed by atoms with Gasteiger partial charge in [-0.1, -0.05) is 99.5 Å². The van der Waals surface area contributed by atoms with E-state index in [1.165, 1.54) is 12.1 Å². The summed E-state index contributed by atoms with van der Waals surface area (Å²) < 4.78 is 5.89. The monoisotopic (exact) mass is 617 g/mol. The highest BCUT2D eigenvalue weighted by atomic mass is 16.6. The van der Waals surface area contributed by atoms with Crippen LogP contribution in [0.25, 0.3) is 0 Å². The van der Waals surface area contributed by atoms with Crippen molar-refractivity contribution in [3.63, 3.8) is 0 Å². The fourth-order valence-corrected chi connectivity index (χ4v) is 5.11. The normalized spacial score (nSPS) is 13.7. The second-order valence-corrected chi connectivity index (χ2v) is 11.9. The average molecular weight is 618 g/mol. The minimum atomic E-state index is -1.46. The van der Waals surface area contributed by atoms with Gasteiger partial charge in [0.25, 0.3) is 0 Å². The Morgan fingerprint density at radius 2 is 1.44 bits per heavy atom. The highest BCUT2D eigenvalue weighted by molar-refractivity contribution is 5.94. The lowest BCUT2D eigenvalue weighted by molar-refractivity contribution is -0.132. The molecule has 0 bridgehead atoms. The van der Waals surface area contributed by atoms with Crippen molar-refractivity contribution < 1.29 is 29.3 Å².